The Labute approximate surface area is 504 Å². The van der Waals surface area contributed by atoms with Gasteiger partial charge in [-0.3, -0.25) is 19.2 Å². The Kier molecular flexibility index (Phi) is 27.6. The number of nitrogens with one attached hydrogen (secondary N) is 5. The highest BCUT2D eigenvalue weighted by Crippen LogP contribution is 2.38. The number of hydrogen-bond acceptors (Lipinski definition) is 16. The van der Waals surface area contributed by atoms with Gasteiger partial charge in [-0.1, -0.05) is 67.8 Å². The predicted octanol–water partition coefficient (Wildman–Crippen LogP) is 8.17. The summed E-state index contributed by atoms with van der Waals surface area (Å²) in [6.45, 7) is 14.3. The quantitative estimate of drug-likeness (QED) is 0.0118. The van der Waals surface area contributed by atoms with Crippen LogP contribution in [0.3, 0.4) is 0 Å². The third-order valence-electron chi connectivity index (χ3n) is 13.8. The number of quaternary nitrogens is 1. The zero-order chi connectivity index (χ0) is 63.7. The van der Waals surface area contributed by atoms with Gasteiger partial charge in [-0.25, -0.2) is 14.4 Å². The lowest BCUT2D eigenvalue weighted by atomic mass is 9.92. The lowest BCUT2D eigenvalue weighted by Gasteiger charge is -2.33. The maximum Gasteiger partial charge on any atom is 0.526 e. The number of hydrogen-bond donors (Lipinski definition) is 9. The molecule has 9 N–H and O–H groups in total. The lowest BCUT2D eigenvalue weighted by Crippen LogP contribution is -2.50. The molecule has 0 radical (unpaired) electrons. The summed E-state index contributed by atoms with van der Waals surface area (Å²) in [5.74, 6) is -1.90. The van der Waals surface area contributed by atoms with Gasteiger partial charge in [-0.05, 0) is 123 Å². The van der Waals surface area contributed by atoms with Crippen molar-refractivity contribution in [3.63, 3.8) is 0 Å². The zero-order valence-corrected chi connectivity index (χ0v) is 51.2. The van der Waals surface area contributed by atoms with E-state index >= 15 is 0 Å². The fraction of sp³-hybridized carbons (Fsp3) is 0.500. The second-order valence-electron chi connectivity index (χ2n) is 23.0. The molecular weight excluding hydrogens is 1110 g/mol. The number of rotatable bonds is 36. The minimum absolute atomic E-state index is 0.258. The molecule has 0 spiro atoms. The zero-order valence-electron chi connectivity index (χ0n) is 51.2. The molecule has 0 atom stereocenters. The average Bonchev–Trinajstić information content (AvgIpc) is 0.907. The number of amides is 6. The van der Waals surface area contributed by atoms with Gasteiger partial charge in [0, 0.05) is 79.2 Å². The summed E-state index contributed by atoms with van der Waals surface area (Å²) in [4.78, 5) is 102. The summed E-state index contributed by atoms with van der Waals surface area (Å²) in [5.41, 5.74) is -3.15. The first kappa shape index (κ1) is 71.0. The van der Waals surface area contributed by atoms with Crippen LogP contribution in [0.5, 0.6) is 0 Å². The van der Waals surface area contributed by atoms with E-state index in [2.05, 4.69) is 26.6 Å². The highest BCUT2D eigenvalue weighted by molar-refractivity contribution is 6.04. The van der Waals surface area contributed by atoms with Gasteiger partial charge in [0.15, 0.2) is 29.2 Å². The Morgan fingerprint density at radius 2 is 0.709 bits per heavy atom. The lowest BCUT2D eigenvalue weighted by molar-refractivity contribution is 0.0487. The van der Waals surface area contributed by atoms with Crippen LogP contribution in [0.1, 0.15) is 165 Å². The first-order chi connectivity index (χ1) is 40.5. The number of ether oxygens (including phenoxy) is 4. The Balaban J connectivity index is 1.05. The van der Waals surface area contributed by atoms with Crippen LogP contribution in [0.15, 0.2) is 97.1 Å². The number of carbonyl (C=O) groups excluding carboxylic acids is 8. The molecule has 0 aliphatic heterocycles. The van der Waals surface area contributed by atoms with E-state index in [9.17, 15) is 58.8 Å². The first-order valence-electron chi connectivity index (χ1n) is 29.1. The molecule has 4 aromatic rings. The van der Waals surface area contributed by atoms with Crippen LogP contribution in [0.25, 0.3) is 0 Å². The van der Waals surface area contributed by atoms with E-state index in [0.717, 1.165) is 25.7 Å². The van der Waals surface area contributed by atoms with Crippen LogP contribution >= 0.6 is 0 Å². The molecule has 0 saturated carbocycles. The molecular formula is C64H89N6O16+. The standard InChI is InChI=1S/C64H88N6O16/c1-61(2,79)53(71)46-22-18-44(19-23-46)52(45-20-24-47(25-21-45)54(72)62(3,4)80)86-59(77)69-36-16-11-10-14-34-65-57(75)67-37-40-84-42-43-85-41-38-68-58(76)66-35-15-12-13-17-39-70(60(78)83-9,50-30-26-48(27-31-50)55(73)63(5,6)81)51-32-28-49(29-33-51)56(74)64(7,8)82/h18-33,52,79-82H,10-17,34-43H2,1-9H3,(H4-,65,66,67,68,69,75,76,77)/p+1. The smallest absolute Gasteiger partial charge is 0.436 e. The monoisotopic (exact) mass is 1200 g/mol. The Morgan fingerprint density at radius 1 is 0.407 bits per heavy atom. The highest BCUT2D eigenvalue weighted by atomic mass is 16.6. The van der Waals surface area contributed by atoms with Crippen LogP contribution in [-0.4, -0.2) is 163 Å². The van der Waals surface area contributed by atoms with Crippen molar-refractivity contribution in [2.45, 2.75) is 135 Å². The third-order valence-corrected chi connectivity index (χ3v) is 13.8. The van der Waals surface area contributed by atoms with Crippen LogP contribution < -0.4 is 31.1 Å². The number of methoxy groups -OCH3 is 1. The molecule has 4 rings (SSSR count). The molecule has 0 fully saturated rings. The largest absolute Gasteiger partial charge is 0.526 e. The molecule has 470 valence electrons. The van der Waals surface area contributed by atoms with Crippen molar-refractivity contribution in [1.29, 1.82) is 0 Å². The number of ketones is 4. The van der Waals surface area contributed by atoms with Gasteiger partial charge in [0.05, 0.1) is 40.1 Å². The molecule has 0 saturated heterocycles. The molecule has 0 aliphatic rings. The summed E-state index contributed by atoms with van der Waals surface area (Å²) < 4.78 is 21.9. The number of urea groups is 2. The third kappa shape index (κ3) is 22.4. The second kappa shape index (κ2) is 33.5. The molecule has 0 aromatic heterocycles. The molecule has 0 aliphatic carbocycles. The van der Waals surface area contributed by atoms with E-state index in [1.807, 2.05) is 0 Å². The van der Waals surface area contributed by atoms with Crippen molar-refractivity contribution in [1.82, 2.24) is 31.1 Å². The van der Waals surface area contributed by atoms with Crippen molar-refractivity contribution in [2.75, 3.05) is 72.8 Å². The second-order valence-corrected chi connectivity index (χ2v) is 23.0. The SMILES string of the molecule is COC(=O)[N+](CCCCCCNC(=O)NCCOCCOCCNC(=O)NCCCCCCNC(=O)OC(c1ccc(C(=O)C(C)(C)O)cc1)c1ccc(C(=O)C(C)(C)O)cc1)(c1ccc(C(=O)C(C)(C)O)cc1)c1ccc(C(=O)C(C)(C)O)cc1. The van der Waals surface area contributed by atoms with Crippen molar-refractivity contribution < 1.29 is 77.7 Å². The van der Waals surface area contributed by atoms with Crippen molar-refractivity contribution in [3.8, 4) is 0 Å². The van der Waals surface area contributed by atoms with E-state index in [0.29, 0.717) is 74.4 Å². The molecule has 22 nitrogen and oxygen atoms in total. The number of aliphatic hydroxyl groups is 4. The molecule has 0 unspecified atom stereocenters. The van der Waals surface area contributed by atoms with Gasteiger partial charge in [-0.15, -0.1) is 0 Å². The molecule has 4 aromatic carbocycles. The summed E-state index contributed by atoms with van der Waals surface area (Å²) in [5, 5.41) is 54.9. The van der Waals surface area contributed by atoms with Gasteiger partial charge in [0.25, 0.3) is 0 Å². The Morgan fingerprint density at radius 3 is 1.03 bits per heavy atom. The number of nitrogens with zero attached hydrogens (tertiary/aromatic N) is 1. The van der Waals surface area contributed by atoms with Crippen LogP contribution in [0, 0.1) is 0 Å². The maximum atomic E-state index is 13.8. The molecule has 6 amide bonds. The van der Waals surface area contributed by atoms with E-state index in [-0.39, 0.29) is 73.8 Å². The fourth-order valence-electron chi connectivity index (χ4n) is 9.05. The van der Waals surface area contributed by atoms with Gasteiger partial charge in [0.1, 0.15) is 33.8 Å². The Hall–Kier alpha value is -7.44. The van der Waals surface area contributed by atoms with Gasteiger partial charge in [0.2, 0.25) is 0 Å². The fourth-order valence-corrected chi connectivity index (χ4v) is 9.05. The Bertz CT molecular complexity index is 2710. The molecule has 22 heteroatoms. The number of Topliss-reactive ketones (excluding diaryl/α,β-unsaturated/α-hetero) is 4. The summed E-state index contributed by atoms with van der Waals surface area (Å²) in [6, 6.07) is 24.8. The van der Waals surface area contributed by atoms with Crippen LogP contribution in [0.4, 0.5) is 30.6 Å². The number of carbonyl (C=O) groups is 8. The van der Waals surface area contributed by atoms with E-state index in [4.69, 9.17) is 18.9 Å². The topological polar surface area (TPSA) is 315 Å². The van der Waals surface area contributed by atoms with Crippen molar-refractivity contribution in [2.24, 2.45) is 0 Å². The first-order valence-corrected chi connectivity index (χ1v) is 29.1. The summed E-state index contributed by atoms with van der Waals surface area (Å²) >= 11 is 0. The minimum Gasteiger partial charge on any atom is -0.436 e. The van der Waals surface area contributed by atoms with Crippen molar-refractivity contribution in [3.05, 3.63) is 130 Å². The van der Waals surface area contributed by atoms with E-state index in [1.54, 1.807) is 97.1 Å². The highest BCUT2D eigenvalue weighted by Gasteiger charge is 2.44. The molecule has 0 heterocycles. The minimum atomic E-state index is -1.60. The summed E-state index contributed by atoms with van der Waals surface area (Å²) in [7, 11) is 1.28. The van der Waals surface area contributed by atoms with Crippen LogP contribution in [0.2, 0.25) is 0 Å². The number of benzene rings is 4. The van der Waals surface area contributed by atoms with Gasteiger partial charge < -0.3 is 66.0 Å². The van der Waals surface area contributed by atoms with Crippen LogP contribution in [-0.2, 0) is 18.9 Å². The van der Waals surface area contributed by atoms with Crippen molar-refractivity contribution >= 4 is 58.8 Å². The maximum absolute atomic E-state index is 13.8. The number of unbranched alkanes of at least 4 members (excludes halogenated alkanes) is 6. The molecule has 86 heavy (non-hydrogen) atoms. The van der Waals surface area contributed by atoms with Gasteiger partial charge >= 0.3 is 24.2 Å². The molecule has 0 bridgehead atoms. The number of alkyl carbamates (subject to hydrolysis) is 1. The predicted molar refractivity (Wildman–Crippen MR) is 325 cm³/mol. The average molecular weight is 1200 g/mol. The normalized spacial score (nSPS) is 12.0. The van der Waals surface area contributed by atoms with Gasteiger partial charge in [-0.2, -0.15) is 9.28 Å². The summed E-state index contributed by atoms with van der Waals surface area (Å²) in [6.07, 6.45) is 3.42. The van der Waals surface area contributed by atoms with E-state index in [1.165, 1.54) is 62.5 Å². The van der Waals surface area contributed by atoms with E-state index < -0.39 is 68.3 Å².